The summed E-state index contributed by atoms with van der Waals surface area (Å²) in [4.78, 5) is 21.3. The smallest absolute Gasteiger partial charge is 0.265 e. The predicted molar refractivity (Wildman–Crippen MR) is 84.8 cm³/mol. The number of carbonyl (C=O) groups is 1. The van der Waals surface area contributed by atoms with Crippen molar-refractivity contribution in [3.05, 3.63) is 4.88 Å². The van der Waals surface area contributed by atoms with Crippen molar-refractivity contribution in [1.29, 1.82) is 0 Å². The first-order valence-electron chi connectivity index (χ1n) is 7.10. The lowest BCUT2D eigenvalue weighted by Crippen LogP contribution is -2.44. The van der Waals surface area contributed by atoms with Crippen LogP contribution in [0.1, 0.15) is 16.6 Å². The summed E-state index contributed by atoms with van der Waals surface area (Å²) in [6.45, 7) is 6.09. The van der Waals surface area contributed by atoms with Gasteiger partial charge < -0.3 is 26.0 Å². The molecule has 7 nitrogen and oxygen atoms in total. The quantitative estimate of drug-likeness (QED) is 0.699. The van der Waals surface area contributed by atoms with Crippen molar-refractivity contribution in [3.63, 3.8) is 0 Å². The van der Waals surface area contributed by atoms with Crippen molar-refractivity contribution in [1.82, 2.24) is 15.2 Å². The van der Waals surface area contributed by atoms with Gasteiger partial charge in [0.2, 0.25) is 0 Å². The van der Waals surface area contributed by atoms with Crippen molar-refractivity contribution >= 4 is 28.2 Å². The average Bonchev–Trinajstić information content (AvgIpc) is 2.87. The van der Waals surface area contributed by atoms with Crippen molar-refractivity contribution in [2.24, 2.45) is 5.92 Å². The number of carbonyl (C=O) groups excluding carboxylic acids is 1. The lowest BCUT2D eigenvalue weighted by molar-refractivity contribution is 0.0947. The number of nitrogens with zero attached hydrogens (tertiary/aromatic N) is 3. The number of likely N-dealkylation sites (N-methyl/N-ethyl adjacent to an activating group) is 1. The van der Waals surface area contributed by atoms with Crippen molar-refractivity contribution in [3.8, 4) is 0 Å². The van der Waals surface area contributed by atoms with E-state index in [2.05, 4.69) is 27.1 Å². The average molecular weight is 313 g/mol. The van der Waals surface area contributed by atoms with E-state index >= 15 is 0 Å². The number of rotatable bonds is 5. The number of amides is 1. The van der Waals surface area contributed by atoms with Gasteiger partial charge in [0, 0.05) is 39.3 Å². The molecule has 0 radical (unpaired) electrons. The van der Waals surface area contributed by atoms with E-state index in [1.54, 1.807) is 0 Å². The van der Waals surface area contributed by atoms with Gasteiger partial charge in [-0.1, -0.05) is 18.3 Å². The Bertz CT molecular complexity index is 485. The molecule has 1 atom stereocenters. The Hall–Kier alpha value is -1.38. The molecule has 1 aromatic heterocycles. The maximum atomic E-state index is 12.1. The zero-order chi connectivity index (χ0) is 15.4. The molecule has 0 bridgehead atoms. The molecule has 118 valence electrons. The largest absolute Gasteiger partial charge is 0.396 e. The van der Waals surface area contributed by atoms with Gasteiger partial charge in [0.25, 0.3) is 5.91 Å². The van der Waals surface area contributed by atoms with Crippen LogP contribution < -0.4 is 16.0 Å². The molecular weight excluding hydrogens is 290 g/mol. The summed E-state index contributed by atoms with van der Waals surface area (Å²) < 4.78 is 0. The number of nitrogens with two attached hydrogens (primary N) is 1. The topological polar surface area (TPSA) is 94.7 Å². The molecule has 4 N–H and O–H groups in total. The number of anilines is 2. The summed E-state index contributed by atoms with van der Waals surface area (Å²) in [6.07, 6.45) is 0. The van der Waals surface area contributed by atoms with Crippen LogP contribution in [0.3, 0.4) is 0 Å². The first kappa shape index (κ1) is 16.0. The highest BCUT2D eigenvalue weighted by atomic mass is 32.1. The molecule has 1 fully saturated rings. The van der Waals surface area contributed by atoms with Crippen LogP contribution in [0.15, 0.2) is 0 Å². The highest BCUT2D eigenvalue weighted by Gasteiger charge is 2.22. The lowest BCUT2D eigenvalue weighted by atomic mass is 10.2. The summed E-state index contributed by atoms with van der Waals surface area (Å²) in [7, 11) is 2.09. The number of hydrogen-bond donors (Lipinski definition) is 3. The minimum Gasteiger partial charge on any atom is -0.396 e. The van der Waals surface area contributed by atoms with Crippen LogP contribution in [0.4, 0.5) is 10.9 Å². The number of aliphatic hydroxyl groups excluding tert-OH is 1. The van der Waals surface area contributed by atoms with Crippen molar-refractivity contribution in [2.45, 2.75) is 6.92 Å². The first-order chi connectivity index (χ1) is 10.0. The summed E-state index contributed by atoms with van der Waals surface area (Å²) in [6, 6.07) is 0. The molecule has 1 unspecified atom stereocenters. The first-order valence-corrected chi connectivity index (χ1v) is 7.91. The Morgan fingerprint density at radius 2 is 2.14 bits per heavy atom. The van der Waals surface area contributed by atoms with Gasteiger partial charge in [0.15, 0.2) is 5.13 Å². The van der Waals surface area contributed by atoms with E-state index in [1.165, 1.54) is 11.3 Å². The fraction of sp³-hybridized carbons (Fsp3) is 0.692. The summed E-state index contributed by atoms with van der Waals surface area (Å²) in [5, 5.41) is 12.6. The Morgan fingerprint density at radius 3 is 2.76 bits per heavy atom. The molecule has 1 saturated heterocycles. The van der Waals surface area contributed by atoms with E-state index in [-0.39, 0.29) is 24.2 Å². The number of thiazole rings is 1. The maximum absolute atomic E-state index is 12.1. The second-order valence-corrected chi connectivity index (χ2v) is 6.48. The van der Waals surface area contributed by atoms with Gasteiger partial charge in [0.1, 0.15) is 10.7 Å². The Kier molecular flexibility index (Phi) is 5.38. The fourth-order valence-electron chi connectivity index (χ4n) is 2.03. The highest BCUT2D eigenvalue weighted by molar-refractivity contribution is 7.18. The Labute approximate surface area is 128 Å². The molecule has 0 aliphatic carbocycles. The Morgan fingerprint density at radius 1 is 1.48 bits per heavy atom. The van der Waals surface area contributed by atoms with E-state index in [1.807, 2.05) is 6.92 Å². The van der Waals surface area contributed by atoms with Crippen molar-refractivity contribution < 1.29 is 9.90 Å². The van der Waals surface area contributed by atoms with Gasteiger partial charge in [-0.25, -0.2) is 4.98 Å². The second-order valence-electron chi connectivity index (χ2n) is 5.50. The lowest BCUT2D eigenvalue weighted by Gasteiger charge is -2.31. The van der Waals surface area contributed by atoms with Gasteiger partial charge in [0.05, 0.1) is 0 Å². The molecule has 0 spiro atoms. The van der Waals surface area contributed by atoms with Crippen LogP contribution in [0.2, 0.25) is 0 Å². The number of nitrogens with one attached hydrogen (secondary N) is 1. The van der Waals surface area contributed by atoms with Gasteiger partial charge in [-0.05, 0) is 13.0 Å². The number of nitrogen functional groups attached to an aromatic ring is 1. The van der Waals surface area contributed by atoms with E-state index in [0.717, 1.165) is 31.3 Å². The summed E-state index contributed by atoms with van der Waals surface area (Å²) in [5.41, 5.74) is 5.87. The highest BCUT2D eigenvalue weighted by Crippen LogP contribution is 2.28. The van der Waals surface area contributed by atoms with Gasteiger partial charge >= 0.3 is 0 Å². The van der Waals surface area contributed by atoms with E-state index in [0.29, 0.717) is 11.4 Å². The third-order valence-corrected chi connectivity index (χ3v) is 4.68. The number of piperazine rings is 1. The van der Waals surface area contributed by atoms with Crippen LogP contribution in [0.5, 0.6) is 0 Å². The van der Waals surface area contributed by atoms with Crippen LogP contribution in [0, 0.1) is 5.92 Å². The predicted octanol–water partition coefficient (Wildman–Crippen LogP) is -0.165. The number of aliphatic hydroxyl groups is 1. The molecule has 1 amide bonds. The third kappa shape index (κ3) is 4.05. The van der Waals surface area contributed by atoms with Gasteiger partial charge in [-0.15, -0.1) is 0 Å². The number of hydrogen-bond acceptors (Lipinski definition) is 7. The normalized spacial score (nSPS) is 17.8. The van der Waals surface area contributed by atoms with Gasteiger partial charge in [-0.2, -0.15) is 0 Å². The zero-order valence-electron chi connectivity index (χ0n) is 12.5. The number of aromatic nitrogens is 1. The maximum Gasteiger partial charge on any atom is 0.265 e. The molecule has 1 aromatic rings. The molecular formula is C13H23N5O2S. The molecule has 1 aliphatic heterocycles. The summed E-state index contributed by atoms with van der Waals surface area (Å²) >= 11 is 1.33. The molecule has 21 heavy (non-hydrogen) atoms. The molecule has 0 saturated carbocycles. The van der Waals surface area contributed by atoms with Gasteiger partial charge in [-0.3, -0.25) is 4.79 Å². The van der Waals surface area contributed by atoms with Crippen LogP contribution in [-0.4, -0.2) is 67.3 Å². The van der Waals surface area contributed by atoms with Crippen LogP contribution in [0.25, 0.3) is 0 Å². The van der Waals surface area contributed by atoms with Crippen molar-refractivity contribution in [2.75, 3.05) is 57.0 Å². The van der Waals surface area contributed by atoms with E-state index in [9.17, 15) is 4.79 Å². The zero-order valence-corrected chi connectivity index (χ0v) is 13.3. The monoisotopic (exact) mass is 313 g/mol. The SMILES string of the molecule is CC(CO)CNC(=O)c1sc(N2CCN(C)CC2)nc1N. The molecule has 8 heteroatoms. The fourth-order valence-corrected chi connectivity index (χ4v) is 2.98. The second kappa shape index (κ2) is 7.06. The minimum absolute atomic E-state index is 0.0280. The molecule has 2 rings (SSSR count). The van der Waals surface area contributed by atoms with E-state index in [4.69, 9.17) is 10.8 Å². The third-order valence-electron chi connectivity index (χ3n) is 3.54. The van der Waals surface area contributed by atoms with Crippen LogP contribution in [-0.2, 0) is 0 Å². The minimum atomic E-state index is -0.217. The summed E-state index contributed by atoms with van der Waals surface area (Å²) in [5.74, 6) is 0.0916. The Balaban J connectivity index is 2.00. The molecule has 1 aliphatic rings. The van der Waals surface area contributed by atoms with E-state index < -0.39 is 0 Å². The van der Waals surface area contributed by atoms with Crippen LogP contribution >= 0.6 is 11.3 Å². The molecule has 0 aromatic carbocycles. The molecule has 2 heterocycles. The standard InChI is InChI=1S/C13H23N5O2S/c1-9(8-19)7-15-12(20)10-11(14)16-13(21-10)18-5-3-17(2)4-6-18/h9,19H,3-8,14H2,1-2H3,(H,15,20).